The maximum atomic E-state index is 13.2. The largest absolute Gasteiger partial charge is 0.376 e. The van der Waals surface area contributed by atoms with Crippen molar-refractivity contribution in [2.45, 2.75) is 70.5 Å². The molecule has 0 spiro atoms. The van der Waals surface area contributed by atoms with Crippen molar-refractivity contribution in [2.24, 2.45) is 17.8 Å². The van der Waals surface area contributed by atoms with Crippen LogP contribution < -0.4 is 15.5 Å². The maximum Gasteiger partial charge on any atom is 0.243 e. The normalized spacial score (nSPS) is 25.1. The van der Waals surface area contributed by atoms with E-state index in [0.717, 1.165) is 58.8 Å². The van der Waals surface area contributed by atoms with Crippen LogP contribution in [-0.2, 0) is 9.59 Å². The molecule has 2 heterocycles. The van der Waals surface area contributed by atoms with Gasteiger partial charge in [0.15, 0.2) is 0 Å². The average Bonchev–Trinajstić information content (AvgIpc) is 3.68. The minimum atomic E-state index is -0.443. The monoisotopic (exact) mass is 486 g/mol. The first-order valence-electron chi connectivity index (χ1n) is 12.0. The smallest absolute Gasteiger partial charge is 0.243 e. The van der Waals surface area contributed by atoms with Gasteiger partial charge in [-0.1, -0.05) is 11.6 Å². The van der Waals surface area contributed by atoms with Crippen molar-refractivity contribution in [3.05, 3.63) is 40.0 Å². The number of amides is 2. The summed E-state index contributed by atoms with van der Waals surface area (Å²) in [5, 5.41) is 8.02. The van der Waals surface area contributed by atoms with E-state index in [1.54, 1.807) is 22.4 Å². The van der Waals surface area contributed by atoms with E-state index in [-0.39, 0.29) is 18.0 Å². The molecule has 5 rings (SSSR count). The predicted octanol–water partition coefficient (Wildman–Crippen LogP) is 5.32. The van der Waals surface area contributed by atoms with Gasteiger partial charge in [0, 0.05) is 17.1 Å². The molecule has 3 aliphatic carbocycles. The van der Waals surface area contributed by atoms with Crippen LogP contribution in [0.3, 0.4) is 0 Å². The molecule has 2 aromatic heterocycles. The Balaban J connectivity index is 1.33. The molecule has 0 bridgehead atoms. The van der Waals surface area contributed by atoms with Gasteiger partial charge in [0.1, 0.15) is 6.04 Å². The lowest BCUT2D eigenvalue weighted by Crippen LogP contribution is -2.48. The molecule has 0 saturated heterocycles. The first kappa shape index (κ1) is 22.7. The number of thiophene rings is 1. The van der Waals surface area contributed by atoms with Crippen molar-refractivity contribution in [3.63, 3.8) is 0 Å². The Morgan fingerprint density at radius 3 is 2.82 bits per heavy atom. The number of halogens is 1. The lowest BCUT2D eigenvalue weighted by molar-refractivity contribution is -0.124. The van der Waals surface area contributed by atoms with Crippen molar-refractivity contribution < 1.29 is 9.59 Å². The van der Waals surface area contributed by atoms with Crippen molar-refractivity contribution in [1.82, 2.24) is 10.3 Å². The fraction of sp³-hybridized carbons (Fsp3) is 0.560. The number of aromatic nitrogens is 1. The number of anilines is 2. The van der Waals surface area contributed by atoms with Gasteiger partial charge in [0.25, 0.3) is 0 Å². The predicted molar refractivity (Wildman–Crippen MR) is 133 cm³/mol. The van der Waals surface area contributed by atoms with Gasteiger partial charge < -0.3 is 10.6 Å². The van der Waals surface area contributed by atoms with Crippen LogP contribution in [0.4, 0.5) is 10.7 Å². The molecule has 2 aromatic rings. The van der Waals surface area contributed by atoms with Crippen LogP contribution in [0.2, 0.25) is 5.02 Å². The highest BCUT2D eigenvalue weighted by atomic mass is 35.5. The number of pyridine rings is 1. The lowest BCUT2D eigenvalue weighted by atomic mass is 9.93. The molecule has 3 aliphatic rings. The standard InChI is InChI=1S/C25H31ClN4O2S/c1-14-21(11-18(26)12-27-14)28-15(2)23-7-8-24(33-23)30(13-31)22(25(32)29-19-5-6-19)10-17-4-3-16-9-20(16)17/h7-8,11-13,15-17,19-20,22,28H,3-6,9-10H2,1-2H3,(H,29,32)/t15-,16?,17?,20?,22-/m0/s1. The summed E-state index contributed by atoms with van der Waals surface area (Å²) in [7, 11) is 0. The number of carbonyl (C=O) groups excluding carboxylic acids is 2. The molecular weight excluding hydrogens is 456 g/mol. The Morgan fingerprint density at radius 1 is 1.33 bits per heavy atom. The van der Waals surface area contributed by atoms with E-state index in [1.165, 1.54) is 19.3 Å². The molecule has 3 unspecified atom stereocenters. The highest BCUT2D eigenvalue weighted by Crippen LogP contribution is 2.57. The molecule has 2 N–H and O–H groups in total. The second kappa shape index (κ2) is 9.26. The molecular formula is C25H31ClN4O2S. The van der Waals surface area contributed by atoms with Crippen molar-refractivity contribution in [3.8, 4) is 0 Å². The summed E-state index contributed by atoms with van der Waals surface area (Å²) in [5.41, 5.74) is 1.77. The number of hydrogen-bond acceptors (Lipinski definition) is 5. The summed E-state index contributed by atoms with van der Waals surface area (Å²) < 4.78 is 0. The van der Waals surface area contributed by atoms with Gasteiger partial charge in [0.2, 0.25) is 12.3 Å². The molecule has 176 valence electrons. The zero-order valence-corrected chi connectivity index (χ0v) is 20.7. The number of rotatable bonds is 10. The van der Waals surface area contributed by atoms with Crippen molar-refractivity contribution in [1.29, 1.82) is 0 Å². The van der Waals surface area contributed by atoms with Crippen LogP contribution in [0.1, 0.15) is 62.1 Å². The van der Waals surface area contributed by atoms with Crippen LogP contribution in [0, 0.1) is 24.7 Å². The Bertz CT molecular complexity index is 1040. The second-order valence-corrected chi connectivity index (χ2v) is 11.4. The minimum absolute atomic E-state index is 0.00421. The SMILES string of the molecule is Cc1ncc(Cl)cc1N[C@@H](C)c1ccc(N(C=O)[C@@H](CC2CCC3CC32)C(=O)NC2CC2)s1. The Hall–Kier alpha value is -2.12. The average molecular weight is 487 g/mol. The van der Waals surface area contributed by atoms with Crippen LogP contribution >= 0.6 is 22.9 Å². The van der Waals surface area contributed by atoms with Crippen molar-refractivity contribution in [2.75, 3.05) is 10.2 Å². The van der Waals surface area contributed by atoms with E-state index in [0.29, 0.717) is 10.9 Å². The summed E-state index contributed by atoms with van der Waals surface area (Å²) in [5.74, 6) is 2.16. The maximum absolute atomic E-state index is 13.2. The molecule has 0 aromatic carbocycles. The van der Waals surface area contributed by atoms with Crippen LogP contribution in [-0.4, -0.2) is 29.4 Å². The quantitative estimate of drug-likeness (QED) is 0.445. The molecule has 2 amide bonds. The Morgan fingerprint density at radius 2 is 2.15 bits per heavy atom. The van der Waals surface area contributed by atoms with Gasteiger partial charge in [-0.15, -0.1) is 11.3 Å². The van der Waals surface area contributed by atoms with Crippen molar-refractivity contribution >= 4 is 45.9 Å². The number of carbonyl (C=O) groups is 2. The van der Waals surface area contributed by atoms with Gasteiger partial charge in [-0.3, -0.25) is 19.5 Å². The third kappa shape index (κ3) is 5.04. The summed E-state index contributed by atoms with van der Waals surface area (Å²) in [4.78, 5) is 32.5. The lowest BCUT2D eigenvalue weighted by Gasteiger charge is -2.29. The van der Waals surface area contributed by atoms with E-state index >= 15 is 0 Å². The molecule has 0 aliphatic heterocycles. The van der Waals surface area contributed by atoms with Gasteiger partial charge >= 0.3 is 0 Å². The topological polar surface area (TPSA) is 74.3 Å². The molecule has 3 fully saturated rings. The van der Waals surface area contributed by atoms with Gasteiger partial charge in [-0.25, -0.2) is 0 Å². The van der Waals surface area contributed by atoms with E-state index in [1.807, 2.05) is 25.1 Å². The molecule has 33 heavy (non-hydrogen) atoms. The zero-order chi connectivity index (χ0) is 23.1. The highest BCUT2D eigenvalue weighted by Gasteiger charge is 2.49. The summed E-state index contributed by atoms with van der Waals surface area (Å²) >= 11 is 7.67. The molecule has 3 saturated carbocycles. The van der Waals surface area contributed by atoms with Gasteiger partial charge in [-0.2, -0.15) is 0 Å². The third-order valence-corrected chi connectivity index (χ3v) is 8.90. The van der Waals surface area contributed by atoms with Gasteiger partial charge in [0.05, 0.1) is 27.4 Å². The number of aryl methyl sites for hydroxylation is 1. The van der Waals surface area contributed by atoms with E-state index < -0.39 is 6.04 Å². The fourth-order valence-electron chi connectivity index (χ4n) is 5.22. The number of fused-ring (bicyclic) bond motifs is 1. The molecule has 5 atom stereocenters. The molecule has 6 nitrogen and oxygen atoms in total. The molecule has 0 radical (unpaired) electrons. The second-order valence-electron chi connectivity index (χ2n) is 9.87. The third-order valence-electron chi connectivity index (χ3n) is 7.41. The van der Waals surface area contributed by atoms with E-state index in [4.69, 9.17) is 11.6 Å². The van der Waals surface area contributed by atoms with Crippen LogP contribution in [0.5, 0.6) is 0 Å². The first-order chi connectivity index (χ1) is 15.9. The molecule has 8 heteroatoms. The van der Waals surface area contributed by atoms with Crippen LogP contribution in [0.25, 0.3) is 0 Å². The van der Waals surface area contributed by atoms with Gasteiger partial charge in [-0.05, 0) is 88.3 Å². The Labute approximate surface area is 204 Å². The number of hydrogen-bond donors (Lipinski definition) is 2. The van der Waals surface area contributed by atoms with Crippen LogP contribution in [0.15, 0.2) is 24.4 Å². The number of nitrogens with one attached hydrogen (secondary N) is 2. The summed E-state index contributed by atoms with van der Waals surface area (Å²) in [6.07, 6.45) is 9.07. The zero-order valence-electron chi connectivity index (χ0n) is 19.1. The first-order valence-corrected chi connectivity index (χ1v) is 13.1. The Kier molecular flexibility index (Phi) is 6.36. The summed E-state index contributed by atoms with van der Waals surface area (Å²) in [6, 6.07) is 5.71. The minimum Gasteiger partial charge on any atom is -0.376 e. The summed E-state index contributed by atoms with van der Waals surface area (Å²) in [6.45, 7) is 4.01. The van der Waals surface area contributed by atoms with E-state index in [2.05, 4.69) is 22.5 Å². The highest BCUT2D eigenvalue weighted by molar-refractivity contribution is 7.16. The van der Waals surface area contributed by atoms with E-state index in [9.17, 15) is 9.59 Å². The fourth-order valence-corrected chi connectivity index (χ4v) is 6.41. The number of nitrogens with zero attached hydrogens (tertiary/aromatic N) is 2.